The Labute approximate surface area is 411 Å². The van der Waals surface area contributed by atoms with Gasteiger partial charge in [-0.15, -0.1) is 0 Å². The Bertz CT molecular complexity index is 3790. The van der Waals surface area contributed by atoms with Crippen LogP contribution in [-0.2, 0) is 10.8 Å². The van der Waals surface area contributed by atoms with Gasteiger partial charge in [-0.2, -0.15) is 0 Å². The summed E-state index contributed by atoms with van der Waals surface area (Å²) < 4.78 is 13.8. The molecule has 70 heavy (non-hydrogen) atoms. The molecule has 0 bridgehead atoms. The monoisotopic (exact) mass is 907 g/mol. The van der Waals surface area contributed by atoms with Crippen molar-refractivity contribution in [3.05, 3.63) is 207 Å². The molecule has 9 aromatic carbocycles. The maximum atomic E-state index is 6.92. The fraction of sp³-hybridized carbons (Fsp3) is 0.194. The van der Waals surface area contributed by atoms with E-state index in [1.165, 1.54) is 116 Å². The largest absolute Gasteiger partial charge is 0.455 e. The van der Waals surface area contributed by atoms with Crippen molar-refractivity contribution in [2.45, 2.75) is 87.0 Å². The van der Waals surface area contributed by atoms with Gasteiger partial charge >= 0.3 is 0 Å². The van der Waals surface area contributed by atoms with Gasteiger partial charge < -0.3 is 13.7 Å². The van der Waals surface area contributed by atoms with Gasteiger partial charge in [0.15, 0.2) is 0 Å². The molecule has 0 radical (unpaired) electrons. The number of hydrogen-bond acceptors (Lipinski definition) is 3. The van der Waals surface area contributed by atoms with Crippen LogP contribution in [0.2, 0.25) is 0 Å². The van der Waals surface area contributed by atoms with Crippen LogP contribution in [-0.4, -0.2) is 0 Å². The van der Waals surface area contributed by atoms with Crippen LogP contribution in [0.25, 0.3) is 88.4 Å². The van der Waals surface area contributed by atoms with Gasteiger partial charge in [0.05, 0.1) is 0 Å². The SMILES string of the molecule is Cc1ccc(N(c2ccc3c(c2)C(C)(C)c2cc(-c4c(C)cc(C)cc4C)c4oc5ccccc5c4c2-3)c2ccc3c(c2)C(C)(C)c2cc(-c4c(C)cc(C)cc4C)c4oc5ccccc5c4c2-3)cc1. The van der Waals surface area contributed by atoms with Crippen LogP contribution in [0.15, 0.2) is 154 Å². The zero-order valence-corrected chi connectivity index (χ0v) is 42.1. The molecule has 0 spiro atoms. The molecule has 342 valence electrons. The van der Waals surface area contributed by atoms with E-state index >= 15 is 0 Å². The maximum absolute atomic E-state index is 6.92. The lowest BCUT2D eigenvalue weighted by molar-refractivity contribution is 0.657. The van der Waals surface area contributed by atoms with E-state index in [1.807, 2.05) is 0 Å². The van der Waals surface area contributed by atoms with E-state index in [9.17, 15) is 0 Å². The Kier molecular flexibility index (Phi) is 8.92. The molecule has 0 atom stereocenters. The molecule has 2 aromatic heterocycles. The summed E-state index contributed by atoms with van der Waals surface area (Å²) in [4.78, 5) is 2.47. The Balaban J connectivity index is 1.01. The minimum atomic E-state index is -0.306. The van der Waals surface area contributed by atoms with Gasteiger partial charge in [0.1, 0.15) is 22.3 Å². The Hall–Kier alpha value is -7.62. The average molecular weight is 908 g/mol. The Morgan fingerprint density at radius 1 is 0.343 bits per heavy atom. The third-order valence-electron chi connectivity index (χ3n) is 16.2. The third-order valence-corrected chi connectivity index (χ3v) is 16.2. The van der Waals surface area contributed by atoms with Crippen molar-refractivity contribution in [3.8, 4) is 44.5 Å². The van der Waals surface area contributed by atoms with Crippen molar-refractivity contribution < 1.29 is 8.83 Å². The van der Waals surface area contributed by atoms with Gasteiger partial charge in [0.25, 0.3) is 0 Å². The van der Waals surface area contributed by atoms with Crippen LogP contribution in [0.3, 0.4) is 0 Å². The van der Waals surface area contributed by atoms with E-state index in [0.717, 1.165) is 50.2 Å². The van der Waals surface area contributed by atoms with E-state index in [4.69, 9.17) is 8.83 Å². The van der Waals surface area contributed by atoms with Crippen LogP contribution in [0, 0.1) is 48.5 Å². The van der Waals surface area contributed by atoms with Crippen LogP contribution < -0.4 is 4.90 Å². The van der Waals surface area contributed by atoms with Gasteiger partial charge in [-0.1, -0.05) is 129 Å². The van der Waals surface area contributed by atoms with Gasteiger partial charge in [-0.25, -0.2) is 0 Å². The Morgan fingerprint density at radius 2 is 0.729 bits per heavy atom. The topological polar surface area (TPSA) is 29.5 Å². The van der Waals surface area contributed by atoms with E-state index in [2.05, 4.69) is 227 Å². The lowest BCUT2D eigenvalue weighted by Gasteiger charge is -2.30. The Morgan fingerprint density at radius 3 is 1.14 bits per heavy atom. The van der Waals surface area contributed by atoms with E-state index in [-0.39, 0.29) is 10.8 Å². The number of nitrogens with zero attached hydrogens (tertiary/aromatic N) is 1. The minimum absolute atomic E-state index is 0.306. The molecule has 3 heteroatoms. The normalized spacial score (nSPS) is 14.2. The van der Waals surface area contributed by atoms with Crippen molar-refractivity contribution in [1.82, 2.24) is 0 Å². The summed E-state index contributed by atoms with van der Waals surface area (Å²) in [5, 5.41) is 4.72. The molecule has 2 aliphatic rings. The summed E-state index contributed by atoms with van der Waals surface area (Å²) in [5.41, 5.74) is 30.6. The summed E-state index contributed by atoms with van der Waals surface area (Å²) in [5.74, 6) is 0. The van der Waals surface area contributed by atoms with E-state index in [1.54, 1.807) is 0 Å². The van der Waals surface area contributed by atoms with Crippen molar-refractivity contribution in [2.75, 3.05) is 4.90 Å². The first-order chi connectivity index (χ1) is 33.6. The quantitative estimate of drug-likeness (QED) is 0.172. The highest BCUT2D eigenvalue weighted by Gasteiger charge is 2.42. The van der Waals surface area contributed by atoms with Crippen molar-refractivity contribution in [3.63, 3.8) is 0 Å². The van der Waals surface area contributed by atoms with E-state index in [0.29, 0.717) is 0 Å². The maximum Gasteiger partial charge on any atom is 0.143 e. The minimum Gasteiger partial charge on any atom is -0.455 e. The molecule has 11 aromatic rings. The predicted octanol–water partition coefficient (Wildman–Crippen LogP) is 19.1. The number of anilines is 3. The summed E-state index contributed by atoms with van der Waals surface area (Å²) in [7, 11) is 0. The second kappa shape index (κ2) is 14.7. The first kappa shape index (κ1) is 42.5. The lowest BCUT2D eigenvalue weighted by Crippen LogP contribution is -2.18. The van der Waals surface area contributed by atoms with Crippen molar-refractivity contribution >= 4 is 60.9 Å². The van der Waals surface area contributed by atoms with Crippen molar-refractivity contribution in [1.29, 1.82) is 0 Å². The van der Waals surface area contributed by atoms with Gasteiger partial charge in [0, 0.05) is 60.6 Å². The molecule has 2 aliphatic carbocycles. The number of para-hydroxylation sites is 2. The number of furan rings is 2. The van der Waals surface area contributed by atoms with Crippen LogP contribution in [0.5, 0.6) is 0 Å². The number of aryl methyl sites for hydroxylation is 7. The number of fused-ring (bicyclic) bond motifs is 14. The fourth-order valence-electron chi connectivity index (χ4n) is 13.2. The standard InChI is InChI=1S/C67H57NO2/c1-36-20-22-43(23-21-36)68(44-24-26-46-52(32-44)66(8,9)54-34-50(58-39(4)28-37(2)29-40(58)5)64-62(60(46)54)48-16-12-14-18-56(48)69-64)45-25-27-47-53(33-45)67(10,11)55-35-51(59-41(6)30-38(3)31-42(59)7)65-63(61(47)55)49-17-13-15-19-57(49)70-65/h12-35H,1-11H3. The first-order valence-electron chi connectivity index (χ1n) is 24.9. The highest BCUT2D eigenvalue weighted by molar-refractivity contribution is 6.20. The molecule has 0 saturated heterocycles. The smallest absolute Gasteiger partial charge is 0.143 e. The molecule has 13 rings (SSSR count). The van der Waals surface area contributed by atoms with Crippen LogP contribution in [0.1, 0.15) is 88.9 Å². The third kappa shape index (κ3) is 5.87. The van der Waals surface area contributed by atoms with E-state index < -0.39 is 0 Å². The second-order valence-corrected chi connectivity index (χ2v) is 21.7. The van der Waals surface area contributed by atoms with Crippen LogP contribution >= 0.6 is 0 Å². The number of rotatable bonds is 5. The van der Waals surface area contributed by atoms with Gasteiger partial charge in [-0.3, -0.25) is 0 Å². The average Bonchev–Trinajstić information content (AvgIpc) is 4.02. The molecule has 3 nitrogen and oxygen atoms in total. The summed E-state index contributed by atoms with van der Waals surface area (Å²) in [6, 6.07) is 54.7. The zero-order valence-electron chi connectivity index (χ0n) is 42.1. The molecule has 0 aliphatic heterocycles. The molecule has 0 fully saturated rings. The summed E-state index contributed by atoms with van der Waals surface area (Å²) in [6.07, 6.45) is 0. The molecular weight excluding hydrogens is 851 g/mol. The lowest BCUT2D eigenvalue weighted by atomic mass is 9.80. The zero-order chi connectivity index (χ0) is 48.3. The number of hydrogen-bond donors (Lipinski definition) is 0. The predicted molar refractivity (Wildman–Crippen MR) is 295 cm³/mol. The molecule has 2 heterocycles. The van der Waals surface area contributed by atoms with Gasteiger partial charge in [-0.05, 0) is 187 Å². The van der Waals surface area contributed by atoms with Crippen LogP contribution in [0.4, 0.5) is 17.1 Å². The van der Waals surface area contributed by atoms with Gasteiger partial charge in [0.2, 0.25) is 0 Å². The molecule has 0 N–H and O–H groups in total. The summed E-state index contributed by atoms with van der Waals surface area (Å²) >= 11 is 0. The molecular formula is C67H57NO2. The molecule has 0 unspecified atom stereocenters. The molecule has 0 amide bonds. The highest BCUT2D eigenvalue weighted by Crippen LogP contribution is 2.59. The second-order valence-electron chi connectivity index (χ2n) is 21.7. The first-order valence-corrected chi connectivity index (χ1v) is 24.9. The molecule has 0 saturated carbocycles. The highest BCUT2D eigenvalue weighted by atomic mass is 16.3. The van der Waals surface area contributed by atoms with Crippen molar-refractivity contribution in [2.24, 2.45) is 0 Å². The number of benzene rings is 9. The summed E-state index contributed by atoms with van der Waals surface area (Å²) in [6.45, 7) is 25.2. The fourth-order valence-corrected chi connectivity index (χ4v) is 13.2.